The zero-order valence-corrected chi connectivity index (χ0v) is 16.2. The van der Waals surface area contributed by atoms with Crippen LogP contribution < -0.4 is 5.32 Å². The third kappa shape index (κ3) is 3.39. The van der Waals surface area contributed by atoms with Gasteiger partial charge in [-0.05, 0) is 43.2 Å². The Morgan fingerprint density at radius 2 is 1.86 bits per heavy atom. The van der Waals surface area contributed by atoms with E-state index in [-0.39, 0.29) is 5.91 Å². The zero-order valence-electron chi connectivity index (χ0n) is 16.2. The van der Waals surface area contributed by atoms with Gasteiger partial charge in [-0.3, -0.25) is 9.48 Å². The van der Waals surface area contributed by atoms with Crippen LogP contribution in [-0.2, 0) is 13.5 Å². The summed E-state index contributed by atoms with van der Waals surface area (Å²) in [5.74, 6) is -0.148. The molecule has 0 saturated heterocycles. The summed E-state index contributed by atoms with van der Waals surface area (Å²) in [5.41, 5.74) is 5.96. The van der Waals surface area contributed by atoms with Gasteiger partial charge >= 0.3 is 0 Å². The summed E-state index contributed by atoms with van der Waals surface area (Å²) in [6, 6.07) is 17.5. The van der Waals surface area contributed by atoms with Gasteiger partial charge in [0.25, 0.3) is 5.91 Å². The van der Waals surface area contributed by atoms with Gasteiger partial charge in [0.15, 0.2) is 0 Å². The molecule has 1 N–H and O–H groups in total. The van der Waals surface area contributed by atoms with Crippen molar-refractivity contribution in [1.29, 1.82) is 0 Å². The minimum Gasteiger partial charge on any atom is -0.322 e. The third-order valence-electron chi connectivity index (χ3n) is 4.87. The predicted molar refractivity (Wildman–Crippen MR) is 112 cm³/mol. The lowest BCUT2D eigenvalue weighted by Gasteiger charge is -2.11. The van der Waals surface area contributed by atoms with Crippen LogP contribution in [0.1, 0.15) is 28.5 Å². The van der Waals surface area contributed by atoms with Crippen molar-refractivity contribution in [2.24, 2.45) is 7.05 Å². The first-order chi connectivity index (χ1) is 13.5. The molecule has 28 heavy (non-hydrogen) atoms. The number of nitrogens with one attached hydrogen (secondary N) is 1. The molecule has 2 heterocycles. The summed E-state index contributed by atoms with van der Waals surface area (Å²) >= 11 is 0. The largest absolute Gasteiger partial charge is 0.322 e. The number of pyridine rings is 1. The third-order valence-corrected chi connectivity index (χ3v) is 4.87. The fraction of sp³-hybridized carbons (Fsp3) is 0.174. The number of anilines is 1. The fourth-order valence-electron chi connectivity index (χ4n) is 3.37. The molecule has 2 aromatic carbocycles. The topological polar surface area (TPSA) is 59.8 Å². The number of hydrogen-bond acceptors (Lipinski definition) is 3. The molecule has 0 aliphatic rings. The van der Waals surface area contributed by atoms with E-state index in [1.54, 1.807) is 4.68 Å². The van der Waals surface area contributed by atoms with E-state index in [0.29, 0.717) is 5.56 Å². The van der Waals surface area contributed by atoms with Gasteiger partial charge in [-0.2, -0.15) is 5.10 Å². The molecule has 2 aromatic heterocycles. The average Bonchev–Trinajstić information content (AvgIpc) is 3.05. The molecule has 0 radical (unpaired) electrons. The number of amides is 1. The van der Waals surface area contributed by atoms with Gasteiger partial charge in [0.05, 0.1) is 22.5 Å². The standard InChI is InChI=1S/C23H22N4O/c1-4-16-9-11-17(12-10-16)24-23(28)19-13-22(20-14-27(3)26-15(20)2)25-21-8-6-5-7-18(19)21/h5-14H,4H2,1-3H3,(H,24,28). The van der Waals surface area contributed by atoms with E-state index in [0.717, 1.165) is 40.0 Å². The number of para-hydroxylation sites is 1. The first kappa shape index (κ1) is 17.9. The van der Waals surface area contributed by atoms with Crippen LogP contribution in [0, 0.1) is 6.92 Å². The highest BCUT2D eigenvalue weighted by Crippen LogP contribution is 2.27. The maximum atomic E-state index is 13.1. The Kier molecular flexibility index (Phi) is 4.65. The molecule has 0 aliphatic carbocycles. The minimum absolute atomic E-state index is 0.148. The molecule has 4 aromatic rings. The summed E-state index contributed by atoms with van der Waals surface area (Å²) in [6.07, 6.45) is 2.90. The molecular formula is C23H22N4O. The van der Waals surface area contributed by atoms with E-state index >= 15 is 0 Å². The van der Waals surface area contributed by atoms with E-state index in [2.05, 4.69) is 17.3 Å². The Balaban J connectivity index is 1.78. The van der Waals surface area contributed by atoms with E-state index < -0.39 is 0 Å². The first-order valence-electron chi connectivity index (χ1n) is 9.36. The molecule has 5 heteroatoms. The number of benzene rings is 2. The summed E-state index contributed by atoms with van der Waals surface area (Å²) < 4.78 is 1.76. The zero-order chi connectivity index (χ0) is 19.7. The van der Waals surface area contributed by atoms with Crippen LogP contribution >= 0.6 is 0 Å². The number of fused-ring (bicyclic) bond motifs is 1. The molecule has 4 rings (SSSR count). The van der Waals surface area contributed by atoms with E-state index in [9.17, 15) is 4.79 Å². The monoisotopic (exact) mass is 370 g/mol. The number of aryl methyl sites for hydroxylation is 3. The number of hydrogen-bond donors (Lipinski definition) is 1. The van der Waals surface area contributed by atoms with Crippen LogP contribution in [0.3, 0.4) is 0 Å². The van der Waals surface area contributed by atoms with Crippen molar-refractivity contribution in [2.45, 2.75) is 20.3 Å². The molecule has 0 saturated carbocycles. The molecule has 0 aliphatic heterocycles. The van der Waals surface area contributed by atoms with E-state index in [1.807, 2.05) is 74.8 Å². The minimum atomic E-state index is -0.148. The van der Waals surface area contributed by atoms with Crippen LogP contribution in [0.25, 0.3) is 22.2 Å². The van der Waals surface area contributed by atoms with Gasteiger partial charge in [0.1, 0.15) is 0 Å². The van der Waals surface area contributed by atoms with Crippen molar-refractivity contribution in [1.82, 2.24) is 14.8 Å². The fourth-order valence-corrected chi connectivity index (χ4v) is 3.37. The molecule has 0 fully saturated rings. The molecular weight excluding hydrogens is 348 g/mol. The van der Waals surface area contributed by atoms with Crippen LogP contribution in [-0.4, -0.2) is 20.7 Å². The van der Waals surface area contributed by atoms with Crippen LogP contribution in [0.5, 0.6) is 0 Å². The highest BCUT2D eigenvalue weighted by molar-refractivity contribution is 6.13. The Labute approximate surface area is 164 Å². The second-order valence-corrected chi connectivity index (χ2v) is 6.88. The van der Waals surface area contributed by atoms with E-state index in [1.165, 1.54) is 5.56 Å². The SMILES string of the molecule is CCc1ccc(NC(=O)c2cc(-c3cn(C)nc3C)nc3ccccc23)cc1. The number of carbonyl (C=O) groups excluding carboxylic acids is 1. The quantitative estimate of drug-likeness (QED) is 0.563. The second-order valence-electron chi connectivity index (χ2n) is 6.88. The Bertz CT molecular complexity index is 1160. The number of aromatic nitrogens is 3. The lowest BCUT2D eigenvalue weighted by Crippen LogP contribution is -2.13. The van der Waals surface area contributed by atoms with Crippen LogP contribution in [0.2, 0.25) is 0 Å². The Hall–Kier alpha value is -3.47. The van der Waals surface area contributed by atoms with Crippen molar-refractivity contribution >= 4 is 22.5 Å². The van der Waals surface area contributed by atoms with Crippen molar-refractivity contribution in [3.8, 4) is 11.3 Å². The van der Waals surface area contributed by atoms with Crippen molar-refractivity contribution in [2.75, 3.05) is 5.32 Å². The lowest BCUT2D eigenvalue weighted by atomic mass is 10.0. The normalized spacial score (nSPS) is 11.0. The molecule has 0 spiro atoms. The Morgan fingerprint density at radius 1 is 1.11 bits per heavy atom. The lowest BCUT2D eigenvalue weighted by molar-refractivity contribution is 0.102. The van der Waals surface area contributed by atoms with Gasteiger partial charge < -0.3 is 5.32 Å². The summed E-state index contributed by atoms with van der Waals surface area (Å²) in [6.45, 7) is 4.06. The summed E-state index contributed by atoms with van der Waals surface area (Å²) in [5, 5.41) is 8.24. The molecule has 140 valence electrons. The number of carbonyl (C=O) groups is 1. The molecule has 0 unspecified atom stereocenters. The molecule has 5 nitrogen and oxygen atoms in total. The molecule has 1 amide bonds. The summed E-state index contributed by atoms with van der Waals surface area (Å²) in [4.78, 5) is 17.9. The maximum Gasteiger partial charge on any atom is 0.256 e. The van der Waals surface area contributed by atoms with Gasteiger partial charge in [-0.1, -0.05) is 37.3 Å². The van der Waals surface area contributed by atoms with Crippen molar-refractivity contribution < 1.29 is 4.79 Å². The van der Waals surface area contributed by atoms with Gasteiger partial charge in [-0.25, -0.2) is 4.98 Å². The Morgan fingerprint density at radius 3 is 2.54 bits per heavy atom. The predicted octanol–water partition coefficient (Wildman–Crippen LogP) is 4.76. The molecule has 0 bridgehead atoms. The van der Waals surface area contributed by atoms with Crippen LogP contribution in [0.4, 0.5) is 5.69 Å². The highest BCUT2D eigenvalue weighted by atomic mass is 16.1. The number of rotatable bonds is 4. The van der Waals surface area contributed by atoms with Gasteiger partial charge in [0.2, 0.25) is 0 Å². The van der Waals surface area contributed by atoms with Gasteiger partial charge in [0, 0.05) is 29.9 Å². The van der Waals surface area contributed by atoms with Crippen molar-refractivity contribution in [3.05, 3.63) is 77.6 Å². The van der Waals surface area contributed by atoms with Crippen molar-refractivity contribution in [3.63, 3.8) is 0 Å². The summed E-state index contributed by atoms with van der Waals surface area (Å²) in [7, 11) is 1.88. The van der Waals surface area contributed by atoms with Gasteiger partial charge in [-0.15, -0.1) is 0 Å². The second kappa shape index (κ2) is 7.27. The first-order valence-corrected chi connectivity index (χ1v) is 9.36. The molecule has 0 atom stereocenters. The smallest absolute Gasteiger partial charge is 0.256 e. The maximum absolute atomic E-state index is 13.1. The average molecular weight is 370 g/mol. The highest BCUT2D eigenvalue weighted by Gasteiger charge is 2.16. The van der Waals surface area contributed by atoms with E-state index in [4.69, 9.17) is 4.98 Å². The van der Waals surface area contributed by atoms with Crippen LogP contribution in [0.15, 0.2) is 60.8 Å². The number of nitrogens with zero attached hydrogens (tertiary/aromatic N) is 3.